The lowest BCUT2D eigenvalue weighted by Gasteiger charge is -1.98. The number of carboxylic acid groups (broad SMARTS) is 4. The van der Waals surface area contributed by atoms with E-state index in [0.29, 0.717) is 0 Å². The molecule has 0 saturated carbocycles. The summed E-state index contributed by atoms with van der Waals surface area (Å²) >= 11 is 0. The van der Waals surface area contributed by atoms with Crippen LogP contribution in [0, 0.1) is 0 Å². The van der Waals surface area contributed by atoms with Crippen molar-refractivity contribution in [2.75, 3.05) is 0 Å². The van der Waals surface area contributed by atoms with Crippen molar-refractivity contribution in [1.82, 2.24) is 0 Å². The Hall–Kier alpha value is -3.68. The summed E-state index contributed by atoms with van der Waals surface area (Å²) in [4.78, 5) is 41.9. The third-order valence-electron chi connectivity index (χ3n) is 2.78. The Morgan fingerprint density at radius 2 is 0.625 bits per heavy atom. The summed E-state index contributed by atoms with van der Waals surface area (Å²) in [5.74, 6) is -4.91. The fraction of sp³-hybridized carbons (Fsp3) is 0. The van der Waals surface area contributed by atoms with Gasteiger partial charge < -0.3 is 20.4 Å². The Kier molecular flexibility index (Phi) is 6.19. The third-order valence-corrected chi connectivity index (χ3v) is 2.78. The first-order valence-electron chi connectivity index (χ1n) is 6.37. The van der Waals surface area contributed by atoms with Gasteiger partial charge >= 0.3 is 23.9 Å². The zero-order valence-electron chi connectivity index (χ0n) is 12.0. The second kappa shape index (κ2) is 8.08. The van der Waals surface area contributed by atoms with Crippen molar-refractivity contribution in [3.63, 3.8) is 0 Å². The van der Waals surface area contributed by atoms with Crippen molar-refractivity contribution in [1.29, 1.82) is 0 Å². The highest BCUT2D eigenvalue weighted by atomic mass is 16.4. The number of aromatic carboxylic acids is 4. The molecule has 8 nitrogen and oxygen atoms in total. The van der Waals surface area contributed by atoms with Crippen LogP contribution in [0.2, 0.25) is 0 Å². The van der Waals surface area contributed by atoms with E-state index >= 15 is 0 Å². The van der Waals surface area contributed by atoms with Crippen LogP contribution in [0.3, 0.4) is 0 Å². The molecule has 0 saturated heterocycles. The van der Waals surface area contributed by atoms with Gasteiger partial charge in [0.2, 0.25) is 0 Å². The lowest BCUT2D eigenvalue weighted by atomic mass is 10.1. The highest BCUT2D eigenvalue weighted by Crippen LogP contribution is 2.08. The molecule has 0 aromatic heterocycles. The molecule has 2 rings (SSSR count). The summed E-state index contributed by atoms with van der Waals surface area (Å²) in [5.41, 5.74) is -0.759. The van der Waals surface area contributed by atoms with Crippen LogP contribution in [0.1, 0.15) is 41.4 Å². The summed E-state index contributed by atoms with van der Waals surface area (Å²) < 4.78 is 0. The van der Waals surface area contributed by atoms with Crippen molar-refractivity contribution in [3.8, 4) is 0 Å². The molecule has 0 spiro atoms. The molecule has 0 bridgehead atoms. The van der Waals surface area contributed by atoms with E-state index in [2.05, 4.69) is 0 Å². The van der Waals surface area contributed by atoms with Gasteiger partial charge in [-0.15, -0.1) is 0 Å². The molecule has 8 heteroatoms. The van der Waals surface area contributed by atoms with E-state index in [0.717, 1.165) is 0 Å². The summed E-state index contributed by atoms with van der Waals surface area (Å²) in [5, 5.41) is 34.2. The second-order valence-corrected chi connectivity index (χ2v) is 4.31. The molecular weight excluding hydrogens is 320 g/mol. The quantitative estimate of drug-likeness (QED) is 0.665. The van der Waals surface area contributed by atoms with Crippen molar-refractivity contribution >= 4 is 23.9 Å². The molecule has 24 heavy (non-hydrogen) atoms. The molecule has 0 aliphatic heterocycles. The standard InChI is InChI=1S/2C8H6O4/c2*9-7(10)5-3-1-2-4-6(5)8(11)12/h2*1-4H,(H,9,10)(H,11,12). The lowest BCUT2D eigenvalue weighted by Crippen LogP contribution is -2.06. The molecule has 0 radical (unpaired) electrons. The van der Waals surface area contributed by atoms with Crippen LogP contribution in [-0.2, 0) is 0 Å². The van der Waals surface area contributed by atoms with Crippen molar-refractivity contribution in [3.05, 3.63) is 70.8 Å². The molecule has 124 valence electrons. The van der Waals surface area contributed by atoms with Gasteiger partial charge in [-0.25, -0.2) is 19.2 Å². The zero-order chi connectivity index (χ0) is 18.3. The van der Waals surface area contributed by atoms with Crippen LogP contribution in [-0.4, -0.2) is 44.3 Å². The van der Waals surface area contributed by atoms with E-state index in [1.165, 1.54) is 48.5 Å². The molecular formula is C16H12O8. The fourth-order valence-electron chi connectivity index (χ4n) is 1.71. The number of hydrogen-bond donors (Lipinski definition) is 4. The minimum atomic E-state index is -1.23. The average Bonchev–Trinajstić information content (AvgIpc) is 2.55. The van der Waals surface area contributed by atoms with Gasteiger partial charge in [0.1, 0.15) is 0 Å². The molecule has 0 unspecified atom stereocenters. The molecule has 2 aromatic carbocycles. The topological polar surface area (TPSA) is 149 Å². The number of benzene rings is 2. The van der Waals surface area contributed by atoms with E-state index < -0.39 is 23.9 Å². The highest BCUT2D eigenvalue weighted by Gasteiger charge is 2.14. The Balaban J connectivity index is 0.000000240. The molecule has 0 fully saturated rings. The van der Waals surface area contributed by atoms with E-state index in [1.54, 1.807) is 0 Å². The minimum absolute atomic E-state index is 0.190. The lowest BCUT2D eigenvalue weighted by molar-refractivity contribution is 0.0651. The van der Waals surface area contributed by atoms with Crippen LogP contribution >= 0.6 is 0 Å². The Bertz CT molecular complexity index is 661. The van der Waals surface area contributed by atoms with Gasteiger partial charge in [0.15, 0.2) is 0 Å². The van der Waals surface area contributed by atoms with Crippen LogP contribution < -0.4 is 0 Å². The van der Waals surface area contributed by atoms with Gasteiger partial charge in [-0.2, -0.15) is 0 Å². The molecule has 0 aliphatic carbocycles. The largest absolute Gasteiger partial charge is 0.478 e. The summed E-state index contributed by atoms with van der Waals surface area (Å²) in [7, 11) is 0. The maximum absolute atomic E-state index is 10.5. The number of carbonyl (C=O) groups is 4. The van der Waals surface area contributed by atoms with E-state index in [-0.39, 0.29) is 22.3 Å². The summed E-state index contributed by atoms with van der Waals surface area (Å²) in [6.07, 6.45) is 0. The Morgan fingerprint density at radius 1 is 0.458 bits per heavy atom. The first-order valence-corrected chi connectivity index (χ1v) is 6.37. The molecule has 0 amide bonds. The van der Waals surface area contributed by atoms with Gasteiger partial charge in [0, 0.05) is 0 Å². The zero-order valence-corrected chi connectivity index (χ0v) is 12.0. The van der Waals surface area contributed by atoms with Crippen LogP contribution in [0.25, 0.3) is 0 Å². The SMILES string of the molecule is O=C(O)c1ccccc1C(=O)O.O=C(O)c1ccccc1C(=O)O. The maximum Gasteiger partial charge on any atom is 0.336 e. The molecule has 0 atom stereocenters. The van der Waals surface area contributed by atoms with E-state index in [1.807, 2.05) is 0 Å². The normalized spacial score (nSPS) is 9.33. The third kappa shape index (κ3) is 4.67. The Morgan fingerprint density at radius 3 is 0.750 bits per heavy atom. The predicted octanol–water partition coefficient (Wildman–Crippen LogP) is 2.17. The van der Waals surface area contributed by atoms with Gasteiger partial charge in [-0.05, 0) is 24.3 Å². The number of carboxylic acids is 4. The molecule has 0 heterocycles. The van der Waals surface area contributed by atoms with Gasteiger partial charge in [0.25, 0.3) is 0 Å². The second-order valence-electron chi connectivity index (χ2n) is 4.31. The van der Waals surface area contributed by atoms with Gasteiger partial charge in [-0.3, -0.25) is 0 Å². The van der Waals surface area contributed by atoms with Gasteiger partial charge in [0.05, 0.1) is 22.3 Å². The van der Waals surface area contributed by atoms with Crippen molar-refractivity contribution in [2.45, 2.75) is 0 Å². The molecule has 2 aromatic rings. The fourth-order valence-corrected chi connectivity index (χ4v) is 1.71. The van der Waals surface area contributed by atoms with Crippen molar-refractivity contribution in [2.24, 2.45) is 0 Å². The molecule has 0 aliphatic rings. The minimum Gasteiger partial charge on any atom is -0.478 e. The average molecular weight is 332 g/mol. The van der Waals surface area contributed by atoms with Crippen molar-refractivity contribution < 1.29 is 39.6 Å². The predicted molar refractivity (Wildman–Crippen MR) is 80.7 cm³/mol. The smallest absolute Gasteiger partial charge is 0.336 e. The van der Waals surface area contributed by atoms with Crippen LogP contribution in [0.15, 0.2) is 48.5 Å². The van der Waals surface area contributed by atoms with E-state index in [9.17, 15) is 19.2 Å². The summed E-state index contributed by atoms with van der Waals surface area (Å²) in [6, 6.07) is 11.0. The first kappa shape index (κ1) is 18.4. The van der Waals surface area contributed by atoms with Crippen LogP contribution in [0.4, 0.5) is 0 Å². The van der Waals surface area contributed by atoms with Crippen LogP contribution in [0.5, 0.6) is 0 Å². The Labute approximate surface area is 135 Å². The number of rotatable bonds is 4. The maximum atomic E-state index is 10.5. The summed E-state index contributed by atoms with van der Waals surface area (Å²) in [6.45, 7) is 0. The molecule has 4 N–H and O–H groups in total. The number of hydrogen-bond acceptors (Lipinski definition) is 4. The van der Waals surface area contributed by atoms with Gasteiger partial charge in [-0.1, -0.05) is 24.3 Å². The highest BCUT2D eigenvalue weighted by molar-refractivity contribution is 6.02. The monoisotopic (exact) mass is 332 g/mol. The first-order chi connectivity index (χ1) is 11.3. The van der Waals surface area contributed by atoms with E-state index in [4.69, 9.17) is 20.4 Å².